The van der Waals surface area contributed by atoms with Gasteiger partial charge in [0.05, 0.1) is 10.7 Å². The van der Waals surface area contributed by atoms with Crippen LogP contribution in [0.2, 0.25) is 5.02 Å². The maximum absolute atomic E-state index is 14.0. The summed E-state index contributed by atoms with van der Waals surface area (Å²) in [6, 6.07) is 7.78. The van der Waals surface area contributed by atoms with Gasteiger partial charge in [0.2, 0.25) is 0 Å². The molecule has 0 aliphatic carbocycles. The number of carbonyl (C=O) groups is 1. The number of benzene rings is 1. The fraction of sp³-hybridized carbons (Fsp3) is 0. The summed E-state index contributed by atoms with van der Waals surface area (Å²) in [5.41, 5.74) is -0.414. The molecule has 10 heteroatoms. The average Bonchev–Trinajstić information content (AvgIpc) is 3.02. The van der Waals surface area contributed by atoms with Crippen LogP contribution in [0.25, 0.3) is 5.82 Å². The Morgan fingerprint density at radius 2 is 2.12 bits per heavy atom. The van der Waals surface area contributed by atoms with E-state index in [9.17, 15) is 13.6 Å². The van der Waals surface area contributed by atoms with E-state index in [1.807, 2.05) is 6.07 Å². The van der Waals surface area contributed by atoms with Gasteiger partial charge in [-0.15, -0.1) is 0 Å². The minimum atomic E-state index is -0.965. The van der Waals surface area contributed by atoms with E-state index in [-0.39, 0.29) is 32.4 Å². The van der Waals surface area contributed by atoms with Crippen LogP contribution in [0.5, 0.6) is 0 Å². The van der Waals surface area contributed by atoms with Gasteiger partial charge in [-0.25, -0.2) is 18.4 Å². The summed E-state index contributed by atoms with van der Waals surface area (Å²) in [6.07, 6.45) is 1.44. The normalized spacial score (nSPS) is 10.4. The maximum Gasteiger partial charge on any atom is 0.274 e. The predicted octanol–water partition coefficient (Wildman–Crippen LogP) is 4.09. The third-order valence-electron chi connectivity index (χ3n) is 3.24. The van der Waals surface area contributed by atoms with E-state index < -0.39 is 17.5 Å². The van der Waals surface area contributed by atoms with Crippen molar-refractivity contribution in [2.45, 2.75) is 0 Å². The van der Waals surface area contributed by atoms with Gasteiger partial charge in [0, 0.05) is 22.8 Å². The van der Waals surface area contributed by atoms with Crippen LogP contribution in [0.4, 0.5) is 14.5 Å². The number of pyridine rings is 1. The summed E-state index contributed by atoms with van der Waals surface area (Å²) in [7, 11) is 0. The highest BCUT2D eigenvalue weighted by Crippen LogP contribution is 2.28. The van der Waals surface area contributed by atoms with E-state index in [0.29, 0.717) is 6.07 Å². The molecule has 0 radical (unpaired) electrons. The molecule has 0 spiro atoms. The van der Waals surface area contributed by atoms with Crippen molar-refractivity contribution in [3.63, 3.8) is 0 Å². The summed E-state index contributed by atoms with van der Waals surface area (Å²) < 4.78 is 28.2. The molecule has 0 aliphatic rings. The van der Waals surface area contributed by atoms with Gasteiger partial charge < -0.3 is 5.32 Å². The fourth-order valence-corrected chi connectivity index (χ4v) is 2.84. The van der Waals surface area contributed by atoms with Crippen LogP contribution in [-0.4, -0.2) is 20.7 Å². The summed E-state index contributed by atoms with van der Waals surface area (Å²) in [5, 5.41) is 15.5. The Labute approximate surface area is 159 Å². The van der Waals surface area contributed by atoms with E-state index in [0.717, 1.165) is 10.7 Å². The van der Waals surface area contributed by atoms with Crippen molar-refractivity contribution >= 4 is 39.1 Å². The molecule has 0 fully saturated rings. The Morgan fingerprint density at radius 3 is 2.77 bits per heavy atom. The number of amides is 1. The smallest absolute Gasteiger partial charge is 0.274 e. The molecule has 0 bridgehead atoms. The average molecular weight is 439 g/mol. The number of rotatable bonds is 3. The topological polar surface area (TPSA) is 83.6 Å². The minimum absolute atomic E-state index is 0.0193. The first-order valence-electron chi connectivity index (χ1n) is 6.97. The lowest BCUT2D eigenvalue weighted by atomic mass is 10.2. The third-order valence-corrected chi connectivity index (χ3v) is 4.16. The molecule has 6 nitrogen and oxygen atoms in total. The Bertz CT molecular complexity index is 1040. The Balaban J connectivity index is 2.05. The quantitative estimate of drug-likeness (QED) is 0.668. The van der Waals surface area contributed by atoms with Crippen LogP contribution >= 0.6 is 27.5 Å². The molecule has 2 aromatic heterocycles. The first-order chi connectivity index (χ1) is 12.4. The van der Waals surface area contributed by atoms with Gasteiger partial charge in [0.15, 0.2) is 17.3 Å². The Hall–Kier alpha value is -2.83. The summed E-state index contributed by atoms with van der Waals surface area (Å²) in [4.78, 5) is 16.6. The van der Waals surface area contributed by atoms with Crippen molar-refractivity contribution in [2.24, 2.45) is 0 Å². The standard InChI is InChI=1S/C16H7BrClF2N5O/c17-10-4-8(19)5-12(20)14(10)23-16(26)13-6-9(7-21)24-25(13)15-11(18)2-1-3-22-15/h1-6H,(H,23,26). The van der Waals surface area contributed by atoms with Gasteiger partial charge >= 0.3 is 0 Å². The highest BCUT2D eigenvalue weighted by molar-refractivity contribution is 9.10. The molecular formula is C16H7BrClF2N5O. The van der Waals surface area contributed by atoms with Crippen LogP contribution in [-0.2, 0) is 0 Å². The van der Waals surface area contributed by atoms with Gasteiger partial charge in [-0.05, 0) is 34.1 Å². The van der Waals surface area contributed by atoms with Gasteiger partial charge in [-0.3, -0.25) is 4.79 Å². The molecule has 2 heterocycles. The number of aromatic nitrogens is 3. The number of nitrogens with zero attached hydrogens (tertiary/aromatic N) is 4. The molecule has 1 aromatic carbocycles. The third kappa shape index (κ3) is 3.42. The number of hydrogen-bond donors (Lipinski definition) is 1. The van der Waals surface area contributed by atoms with E-state index in [2.05, 4.69) is 31.3 Å². The second kappa shape index (κ2) is 7.19. The van der Waals surface area contributed by atoms with Crippen molar-refractivity contribution in [3.05, 3.63) is 69.0 Å². The predicted molar refractivity (Wildman–Crippen MR) is 93.1 cm³/mol. The van der Waals surface area contributed by atoms with Gasteiger partial charge in [0.1, 0.15) is 17.6 Å². The van der Waals surface area contributed by atoms with E-state index >= 15 is 0 Å². The largest absolute Gasteiger partial charge is 0.317 e. The molecule has 1 N–H and O–H groups in total. The van der Waals surface area contributed by atoms with Crippen LogP contribution in [0.3, 0.4) is 0 Å². The van der Waals surface area contributed by atoms with Crippen molar-refractivity contribution in [2.75, 3.05) is 5.32 Å². The second-order valence-electron chi connectivity index (χ2n) is 4.95. The van der Waals surface area contributed by atoms with Gasteiger partial charge in [-0.2, -0.15) is 10.4 Å². The molecule has 3 aromatic rings. The van der Waals surface area contributed by atoms with Crippen LogP contribution in [0.15, 0.2) is 41.0 Å². The molecule has 0 saturated heterocycles. The zero-order valence-corrected chi connectivity index (χ0v) is 15.0. The molecule has 0 atom stereocenters. The van der Waals surface area contributed by atoms with Crippen LogP contribution < -0.4 is 5.32 Å². The second-order valence-corrected chi connectivity index (χ2v) is 6.21. The van der Waals surface area contributed by atoms with Gasteiger partial charge in [-0.1, -0.05) is 11.6 Å². The highest BCUT2D eigenvalue weighted by atomic mass is 79.9. The van der Waals surface area contributed by atoms with Crippen molar-refractivity contribution in [3.8, 4) is 11.9 Å². The molecule has 1 amide bonds. The zero-order valence-electron chi connectivity index (χ0n) is 12.7. The summed E-state index contributed by atoms with van der Waals surface area (Å²) >= 11 is 9.06. The van der Waals surface area contributed by atoms with E-state index in [1.54, 1.807) is 6.07 Å². The number of carbonyl (C=O) groups excluding carboxylic acids is 1. The lowest BCUT2D eigenvalue weighted by Crippen LogP contribution is -2.18. The SMILES string of the molecule is N#Cc1cc(C(=O)Nc2c(F)cc(F)cc2Br)n(-c2ncccc2Cl)n1. The lowest BCUT2D eigenvalue weighted by Gasteiger charge is -2.10. The fourth-order valence-electron chi connectivity index (χ4n) is 2.13. The Morgan fingerprint density at radius 1 is 1.35 bits per heavy atom. The van der Waals surface area contributed by atoms with Crippen molar-refractivity contribution in [1.29, 1.82) is 5.26 Å². The number of halogens is 4. The number of hydrogen-bond acceptors (Lipinski definition) is 4. The first kappa shape index (κ1) is 18.0. The zero-order chi connectivity index (χ0) is 18.8. The molecule has 0 saturated carbocycles. The molecule has 26 heavy (non-hydrogen) atoms. The van der Waals surface area contributed by atoms with Crippen LogP contribution in [0.1, 0.15) is 16.2 Å². The number of nitriles is 1. The van der Waals surface area contributed by atoms with Crippen LogP contribution in [0, 0.1) is 23.0 Å². The summed E-state index contributed by atoms with van der Waals surface area (Å²) in [6.45, 7) is 0. The van der Waals surface area contributed by atoms with Crippen molar-refractivity contribution < 1.29 is 13.6 Å². The maximum atomic E-state index is 14.0. The molecular weight excluding hydrogens is 432 g/mol. The lowest BCUT2D eigenvalue weighted by molar-refractivity contribution is 0.101. The van der Waals surface area contributed by atoms with E-state index in [4.69, 9.17) is 16.9 Å². The summed E-state index contributed by atoms with van der Waals surface area (Å²) in [5.74, 6) is -2.43. The van der Waals surface area contributed by atoms with Gasteiger partial charge in [0.25, 0.3) is 5.91 Å². The monoisotopic (exact) mass is 437 g/mol. The number of anilines is 1. The van der Waals surface area contributed by atoms with Crippen molar-refractivity contribution in [1.82, 2.24) is 14.8 Å². The molecule has 130 valence electrons. The number of nitrogens with one attached hydrogen (secondary N) is 1. The Kier molecular flexibility index (Phi) is 4.97. The minimum Gasteiger partial charge on any atom is -0.317 e. The molecule has 0 aliphatic heterocycles. The molecule has 3 rings (SSSR count). The first-order valence-corrected chi connectivity index (χ1v) is 8.14. The highest BCUT2D eigenvalue weighted by Gasteiger charge is 2.21. The molecule has 0 unspecified atom stereocenters. The van der Waals surface area contributed by atoms with E-state index in [1.165, 1.54) is 18.3 Å².